The summed E-state index contributed by atoms with van der Waals surface area (Å²) in [5, 5.41) is 0.768. The van der Waals surface area contributed by atoms with Crippen molar-refractivity contribution in [1.29, 1.82) is 0 Å². The van der Waals surface area contributed by atoms with Crippen LogP contribution in [0, 0.1) is 0 Å². The van der Waals surface area contributed by atoms with Gasteiger partial charge in [0.2, 0.25) is 0 Å². The predicted octanol–water partition coefficient (Wildman–Crippen LogP) is 3.04. The molecule has 2 N–H and O–H groups in total. The van der Waals surface area contributed by atoms with Crippen molar-refractivity contribution in [3.05, 3.63) is 29.8 Å². The zero-order valence-electron chi connectivity index (χ0n) is 10.7. The first-order valence-electron chi connectivity index (χ1n) is 6.43. The van der Waals surface area contributed by atoms with Gasteiger partial charge in [0.05, 0.1) is 0 Å². The Morgan fingerprint density at radius 3 is 2.94 bits per heavy atom. The van der Waals surface area contributed by atoms with Crippen molar-refractivity contribution in [1.82, 2.24) is 0 Å². The normalized spacial score (nSPS) is 22.5. The third kappa shape index (κ3) is 2.96. The molecule has 0 amide bonds. The van der Waals surface area contributed by atoms with E-state index in [2.05, 4.69) is 54.8 Å². The van der Waals surface area contributed by atoms with Crippen LogP contribution in [0.3, 0.4) is 0 Å². The van der Waals surface area contributed by atoms with Crippen LogP contribution in [-0.2, 0) is 0 Å². The number of hydrogen-bond donors (Lipinski definition) is 1. The van der Waals surface area contributed by atoms with Crippen LogP contribution in [0.1, 0.15) is 31.9 Å². The Balaban J connectivity index is 2.21. The summed E-state index contributed by atoms with van der Waals surface area (Å²) in [5.74, 6) is 1.23. The number of anilines is 1. The van der Waals surface area contributed by atoms with Gasteiger partial charge in [-0.1, -0.05) is 25.1 Å². The lowest BCUT2D eigenvalue weighted by Gasteiger charge is -2.35. The standard InChI is InChI=1S/C14H22N2S/c1-3-12-10-16(8-9-17-12)14-7-5-4-6-13(14)11(2)15/h4-7,11-12H,3,8-10,15H2,1-2H3/t11-,12?/m0/s1. The van der Waals surface area contributed by atoms with Crippen molar-refractivity contribution >= 4 is 17.4 Å². The van der Waals surface area contributed by atoms with Crippen molar-refractivity contribution in [3.63, 3.8) is 0 Å². The lowest BCUT2D eigenvalue weighted by Crippen LogP contribution is -2.38. The summed E-state index contributed by atoms with van der Waals surface area (Å²) >= 11 is 2.10. The van der Waals surface area contributed by atoms with Gasteiger partial charge in [-0.2, -0.15) is 11.8 Å². The number of nitrogens with zero attached hydrogens (tertiary/aromatic N) is 1. The van der Waals surface area contributed by atoms with E-state index in [1.54, 1.807) is 0 Å². The molecule has 1 aliphatic heterocycles. The zero-order valence-corrected chi connectivity index (χ0v) is 11.5. The van der Waals surface area contributed by atoms with Crippen molar-refractivity contribution in [2.45, 2.75) is 31.6 Å². The summed E-state index contributed by atoms with van der Waals surface area (Å²) in [4.78, 5) is 2.50. The molecule has 0 saturated carbocycles. The molecule has 1 saturated heterocycles. The van der Waals surface area contributed by atoms with E-state index < -0.39 is 0 Å². The van der Waals surface area contributed by atoms with Gasteiger partial charge in [0.1, 0.15) is 0 Å². The summed E-state index contributed by atoms with van der Waals surface area (Å²) in [6, 6.07) is 8.67. The fourth-order valence-electron chi connectivity index (χ4n) is 2.35. The van der Waals surface area contributed by atoms with E-state index in [0.29, 0.717) is 0 Å². The summed E-state index contributed by atoms with van der Waals surface area (Å²) < 4.78 is 0. The Bertz CT molecular complexity index is 365. The highest BCUT2D eigenvalue weighted by molar-refractivity contribution is 8.00. The molecule has 0 bridgehead atoms. The lowest BCUT2D eigenvalue weighted by molar-refractivity contribution is 0.716. The first kappa shape index (κ1) is 12.8. The SMILES string of the molecule is CCC1CN(c2ccccc2[C@H](C)N)CCS1. The van der Waals surface area contributed by atoms with E-state index >= 15 is 0 Å². The molecule has 0 aliphatic carbocycles. The van der Waals surface area contributed by atoms with E-state index in [4.69, 9.17) is 5.73 Å². The van der Waals surface area contributed by atoms with E-state index in [1.807, 2.05) is 0 Å². The Hall–Kier alpha value is -0.670. The van der Waals surface area contributed by atoms with Crippen molar-refractivity contribution in [2.24, 2.45) is 5.73 Å². The Labute approximate surface area is 109 Å². The molecule has 0 aromatic heterocycles. The maximum Gasteiger partial charge on any atom is 0.0415 e. The van der Waals surface area contributed by atoms with Crippen LogP contribution in [-0.4, -0.2) is 24.1 Å². The first-order chi connectivity index (χ1) is 8.22. The number of thioether (sulfide) groups is 1. The highest BCUT2D eigenvalue weighted by atomic mass is 32.2. The topological polar surface area (TPSA) is 29.3 Å². The molecule has 1 fully saturated rings. The number of rotatable bonds is 3. The Kier molecular flexibility index (Phi) is 4.35. The third-order valence-corrected chi connectivity index (χ3v) is 4.73. The Morgan fingerprint density at radius 1 is 1.47 bits per heavy atom. The molecule has 2 rings (SSSR count). The molecule has 3 heteroatoms. The van der Waals surface area contributed by atoms with E-state index in [0.717, 1.165) is 18.3 Å². The van der Waals surface area contributed by atoms with Gasteiger partial charge in [0.25, 0.3) is 0 Å². The zero-order chi connectivity index (χ0) is 12.3. The van der Waals surface area contributed by atoms with Crippen LogP contribution < -0.4 is 10.6 Å². The third-order valence-electron chi connectivity index (χ3n) is 3.36. The fraction of sp³-hybridized carbons (Fsp3) is 0.571. The molecule has 94 valence electrons. The van der Waals surface area contributed by atoms with Gasteiger partial charge in [-0.05, 0) is 25.0 Å². The number of hydrogen-bond acceptors (Lipinski definition) is 3. The molecule has 1 aliphatic rings. The van der Waals surface area contributed by atoms with Crippen LogP contribution in [0.25, 0.3) is 0 Å². The lowest BCUT2D eigenvalue weighted by atomic mass is 10.1. The second-order valence-electron chi connectivity index (χ2n) is 4.69. The molecule has 0 radical (unpaired) electrons. The van der Waals surface area contributed by atoms with Crippen LogP contribution in [0.5, 0.6) is 0 Å². The largest absolute Gasteiger partial charge is 0.369 e. The van der Waals surface area contributed by atoms with Crippen LogP contribution >= 0.6 is 11.8 Å². The van der Waals surface area contributed by atoms with Gasteiger partial charge in [0, 0.05) is 35.8 Å². The smallest absolute Gasteiger partial charge is 0.0415 e. The molecule has 1 aromatic carbocycles. The van der Waals surface area contributed by atoms with E-state index in [-0.39, 0.29) is 6.04 Å². The number of para-hydroxylation sites is 1. The maximum atomic E-state index is 6.06. The fourth-order valence-corrected chi connectivity index (χ4v) is 3.53. The average Bonchev–Trinajstić information content (AvgIpc) is 2.39. The molecule has 2 nitrogen and oxygen atoms in total. The second-order valence-corrected chi connectivity index (χ2v) is 6.10. The predicted molar refractivity (Wildman–Crippen MR) is 77.8 cm³/mol. The summed E-state index contributed by atoms with van der Waals surface area (Å²) in [5.41, 5.74) is 8.66. The quantitative estimate of drug-likeness (QED) is 0.894. The molecular weight excluding hydrogens is 228 g/mol. The van der Waals surface area contributed by atoms with Gasteiger partial charge in [0.15, 0.2) is 0 Å². The Morgan fingerprint density at radius 2 is 2.24 bits per heavy atom. The van der Waals surface area contributed by atoms with Crippen LogP contribution in [0.15, 0.2) is 24.3 Å². The highest BCUT2D eigenvalue weighted by Gasteiger charge is 2.21. The van der Waals surface area contributed by atoms with Gasteiger partial charge >= 0.3 is 0 Å². The van der Waals surface area contributed by atoms with E-state index in [9.17, 15) is 0 Å². The minimum absolute atomic E-state index is 0.112. The highest BCUT2D eigenvalue weighted by Crippen LogP contribution is 2.30. The summed E-state index contributed by atoms with van der Waals surface area (Å²) in [6.45, 7) is 6.64. The first-order valence-corrected chi connectivity index (χ1v) is 7.48. The van der Waals surface area contributed by atoms with Crippen molar-refractivity contribution < 1.29 is 0 Å². The van der Waals surface area contributed by atoms with E-state index in [1.165, 1.54) is 23.4 Å². The molecule has 1 aromatic rings. The van der Waals surface area contributed by atoms with Gasteiger partial charge in [-0.25, -0.2) is 0 Å². The molecule has 0 spiro atoms. The van der Waals surface area contributed by atoms with Crippen molar-refractivity contribution in [2.75, 3.05) is 23.7 Å². The van der Waals surface area contributed by atoms with Gasteiger partial charge in [-0.3, -0.25) is 0 Å². The monoisotopic (exact) mass is 250 g/mol. The van der Waals surface area contributed by atoms with Crippen molar-refractivity contribution in [3.8, 4) is 0 Å². The molecule has 1 heterocycles. The maximum absolute atomic E-state index is 6.06. The van der Waals surface area contributed by atoms with Crippen LogP contribution in [0.2, 0.25) is 0 Å². The van der Waals surface area contributed by atoms with Gasteiger partial charge < -0.3 is 10.6 Å². The second kappa shape index (κ2) is 5.78. The molecular formula is C14H22N2S. The van der Waals surface area contributed by atoms with Crippen LogP contribution in [0.4, 0.5) is 5.69 Å². The molecule has 2 atom stereocenters. The number of nitrogens with two attached hydrogens (primary N) is 1. The minimum Gasteiger partial charge on any atom is -0.369 e. The summed E-state index contributed by atoms with van der Waals surface area (Å²) in [7, 11) is 0. The molecule has 1 unspecified atom stereocenters. The molecule has 17 heavy (non-hydrogen) atoms. The minimum atomic E-state index is 0.112. The van der Waals surface area contributed by atoms with Gasteiger partial charge in [-0.15, -0.1) is 0 Å². The number of benzene rings is 1. The summed E-state index contributed by atoms with van der Waals surface area (Å²) in [6.07, 6.45) is 1.25. The average molecular weight is 250 g/mol.